The number of nitrogens with two attached hydrogens (primary N) is 1. The first-order valence-corrected chi connectivity index (χ1v) is 6.67. The van der Waals surface area contributed by atoms with E-state index in [9.17, 15) is 4.79 Å². The number of hydrogen-bond donors (Lipinski definition) is 2. The lowest BCUT2D eigenvalue weighted by Gasteiger charge is -2.12. The molecule has 2 rings (SSSR count). The Morgan fingerprint density at radius 3 is 2.95 bits per heavy atom. The SMILES string of the molecule is CCOC(=O)c1cnc2c(Cl)ccc(Br)c2c1NN. The van der Waals surface area contributed by atoms with Crippen molar-refractivity contribution in [3.05, 3.63) is 33.4 Å². The van der Waals surface area contributed by atoms with Gasteiger partial charge in [0, 0.05) is 16.1 Å². The fourth-order valence-corrected chi connectivity index (χ4v) is 2.47. The Kier molecular flexibility index (Phi) is 4.24. The van der Waals surface area contributed by atoms with E-state index in [-0.39, 0.29) is 12.2 Å². The van der Waals surface area contributed by atoms with E-state index >= 15 is 0 Å². The normalized spacial score (nSPS) is 10.5. The van der Waals surface area contributed by atoms with Gasteiger partial charge in [0.05, 0.1) is 22.8 Å². The fraction of sp³-hybridized carbons (Fsp3) is 0.167. The Balaban J connectivity index is 2.76. The largest absolute Gasteiger partial charge is 0.462 e. The highest BCUT2D eigenvalue weighted by molar-refractivity contribution is 9.10. The molecule has 0 spiro atoms. The minimum atomic E-state index is -0.489. The van der Waals surface area contributed by atoms with E-state index in [0.29, 0.717) is 21.6 Å². The summed E-state index contributed by atoms with van der Waals surface area (Å²) in [5.74, 6) is 5.03. The molecule has 0 amide bonds. The second-order valence-corrected chi connectivity index (χ2v) is 4.93. The van der Waals surface area contributed by atoms with E-state index in [2.05, 4.69) is 26.3 Å². The van der Waals surface area contributed by atoms with E-state index in [1.807, 2.05) is 0 Å². The summed E-state index contributed by atoms with van der Waals surface area (Å²) in [5.41, 5.74) is 3.76. The van der Waals surface area contributed by atoms with Crippen molar-refractivity contribution in [3.8, 4) is 0 Å². The molecule has 0 aliphatic heterocycles. The monoisotopic (exact) mass is 343 g/mol. The summed E-state index contributed by atoms with van der Waals surface area (Å²) in [4.78, 5) is 16.1. The molecule has 1 heterocycles. The average molecular weight is 345 g/mol. The number of pyridine rings is 1. The van der Waals surface area contributed by atoms with Crippen LogP contribution in [0.5, 0.6) is 0 Å². The van der Waals surface area contributed by atoms with Crippen molar-refractivity contribution in [1.82, 2.24) is 4.98 Å². The van der Waals surface area contributed by atoms with Crippen molar-refractivity contribution >= 4 is 50.1 Å². The molecule has 5 nitrogen and oxygen atoms in total. The van der Waals surface area contributed by atoms with E-state index in [4.69, 9.17) is 22.2 Å². The predicted molar refractivity (Wildman–Crippen MR) is 78.2 cm³/mol. The van der Waals surface area contributed by atoms with Crippen LogP contribution in [0.3, 0.4) is 0 Å². The van der Waals surface area contributed by atoms with Gasteiger partial charge >= 0.3 is 5.97 Å². The summed E-state index contributed by atoms with van der Waals surface area (Å²) in [6.07, 6.45) is 1.40. The molecule has 0 unspecified atom stereocenters. The molecule has 2 aromatic rings. The Morgan fingerprint density at radius 2 is 2.32 bits per heavy atom. The van der Waals surface area contributed by atoms with Crippen LogP contribution < -0.4 is 11.3 Å². The molecule has 0 bridgehead atoms. The first kappa shape index (κ1) is 14.0. The number of hydrogen-bond acceptors (Lipinski definition) is 5. The summed E-state index contributed by atoms with van der Waals surface area (Å²) in [5, 5.41) is 1.12. The number of nitrogens with zero attached hydrogens (tertiary/aromatic N) is 1. The summed E-state index contributed by atoms with van der Waals surface area (Å²) >= 11 is 9.48. The van der Waals surface area contributed by atoms with Crippen LogP contribution in [-0.2, 0) is 4.74 Å². The fourth-order valence-electron chi connectivity index (χ4n) is 1.75. The number of fused-ring (bicyclic) bond motifs is 1. The molecular formula is C12H11BrClN3O2. The van der Waals surface area contributed by atoms with E-state index in [1.165, 1.54) is 6.20 Å². The minimum Gasteiger partial charge on any atom is -0.462 e. The Hall–Kier alpha value is -1.37. The van der Waals surface area contributed by atoms with Gasteiger partial charge in [-0.05, 0) is 19.1 Å². The number of anilines is 1. The lowest BCUT2D eigenvalue weighted by atomic mass is 10.1. The number of nitrogens with one attached hydrogen (secondary N) is 1. The van der Waals surface area contributed by atoms with Crippen LogP contribution in [-0.4, -0.2) is 17.6 Å². The molecule has 0 atom stereocenters. The van der Waals surface area contributed by atoms with E-state index < -0.39 is 5.97 Å². The van der Waals surface area contributed by atoms with Crippen molar-refractivity contribution in [2.45, 2.75) is 6.92 Å². The van der Waals surface area contributed by atoms with Gasteiger partial charge in [0.2, 0.25) is 0 Å². The Morgan fingerprint density at radius 1 is 1.58 bits per heavy atom. The zero-order valence-electron chi connectivity index (χ0n) is 10.0. The minimum absolute atomic E-state index is 0.264. The zero-order chi connectivity index (χ0) is 14.0. The standard InChI is InChI=1S/C12H11BrClN3O2/c1-2-19-12(18)6-5-16-11-8(14)4-3-7(13)9(11)10(6)17-15/h3-5H,2,15H2,1H3,(H,16,17). The van der Waals surface area contributed by atoms with E-state index in [0.717, 1.165) is 4.47 Å². The maximum atomic E-state index is 11.9. The smallest absolute Gasteiger partial charge is 0.341 e. The van der Waals surface area contributed by atoms with Crippen LogP contribution in [0.15, 0.2) is 22.8 Å². The van der Waals surface area contributed by atoms with Gasteiger partial charge in [0.1, 0.15) is 5.56 Å². The summed E-state index contributed by atoms with van der Waals surface area (Å²) < 4.78 is 5.70. The lowest BCUT2D eigenvalue weighted by Crippen LogP contribution is -2.15. The van der Waals surface area contributed by atoms with E-state index in [1.54, 1.807) is 19.1 Å². The number of aromatic nitrogens is 1. The first-order valence-electron chi connectivity index (χ1n) is 5.50. The second-order valence-electron chi connectivity index (χ2n) is 3.66. The van der Waals surface area contributed by atoms with Gasteiger partial charge in [-0.15, -0.1) is 0 Å². The number of esters is 1. The Bertz CT molecular complexity index is 648. The number of rotatable bonds is 3. The molecule has 1 aromatic carbocycles. The van der Waals surface area contributed by atoms with Crippen molar-refractivity contribution in [2.75, 3.05) is 12.0 Å². The zero-order valence-corrected chi connectivity index (χ0v) is 12.4. The van der Waals surface area contributed by atoms with Crippen LogP contribution in [0.1, 0.15) is 17.3 Å². The molecule has 0 fully saturated rings. The maximum Gasteiger partial charge on any atom is 0.341 e. The molecule has 0 aliphatic rings. The van der Waals surface area contributed by atoms with Gasteiger partial charge in [0.15, 0.2) is 0 Å². The molecular weight excluding hydrogens is 334 g/mol. The molecule has 1 aromatic heterocycles. The molecule has 7 heteroatoms. The van der Waals surface area contributed by atoms with Gasteiger partial charge in [-0.2, -0.15) is 0 Å². The highest BCUT2D eigenvalue weighted by Gasteiger charge is 2.18. The summed E-state index contributed by atoms with van der Waals surface area (Å²) in [7, 11) is 0. The number of hydrazine groups is 1. The summed E-state index contributed by atoms with van der Waals surface area (Å²) in [6.45, 7) is 2.01. The molecule has 19 heavy (non-hydrogen) atoms. The molecule has 0 radical (unpaired) electrons. The summed E-state index contributed by atoms with van der Waals surface area (Å²) in [6, 6.07) is 3.48. The van der Waals surface area contributed by atoms with Crippen LogP contribution in [0.4, 0.5) is 5.69 Å². The van der Waals surface area contributed by atoms with Crippen LogP contribution >= 0.6 is 27.5 Å². The van der Waals surface area contributed by atoms with Crippen molar-refractivity contribution in [1.29, 1.82) is 0 Å². The third kappa shape index (κ3) is 2.51. The topological polar surface area (TPSA) is 77.2 Å². The highest BCUT2D eigenvalue weighted by atomic mass is 79.9. The molecule has 0 saturated carbocycles. The molecule has 0 aliphatic carbocycles. The third-order valence-corrected chi connectivity index (χ3v) is 3.53. The average Bonchev–Trinajstić information content (AvgIpc) is 2.41. The molecule has 100 valence electrons. The third-order valence-electron chi connectivity index (χ3n) is 2.56. The number of carbonyl (C=O) groups excluding carboxylic acids is 1. The molecule has 3 N–H and O–H groups in total. The van der Waals surface area contributed by atoms with Crippen LogP contribution in [0.2, 0.25) is 5.02 Å². The van der Waals surface area contributed by atoms with Gasteiger partial charge in [-0.1, -0.05) is 27.5 Å². The lowest BCUT2D eigenvalue weighted by molar-refractivity contribution is 0.0527. The predicted octanol–water partition coefficient (Wildman–Crippen LogP) is 3.11. The van der Waals surface area contributed by atoms with Crippen molar-refractivity contribution < 1.29 is 9.53 Å². The number of carbonyl (C=O) groups is 1. The Labute approximate surface area is 123 Å². The van der Waals surface area contributed by atoms with Gasteiger partial charge in [-0.3, -0.25) is 10.8 Å². The molecule has 0 saturated heterocycles. The van der Waals surface area contributed by atoms with Crippen molar-refractivity contribution in [3.63, 3.8) is 0 Å². The maximum absolute atomic E-state index is 11.9. The number of ether oxygens (including phenoxy) is 1. The van der Waals surface area contributed by atoms with Crippen molar-refractivity contribution in [2.24, 2.45) is 5.84 Å². The number of nitrogen functional groups attached to an aromatic ring is 1. The first-order chi connectivity index (χ1) is 9.10. The van der Waals surface area contributed by atoms with Crippen LogP contribution in [0, 0.1) is 0 Å². The highest BCUT2D eigenvalue weighted by Crippen LogP contribution is 2.35. The van der Waals surface area contributed by atoms with Gasteiger partial charge in [0.25, 0.3) is 0 Å². The van der Waals surface area contributed by atoms with Crippen LogP contribution in [0.25, 0.3) is 10.9 Å². The number of halogens is 2. The second kappa shape index (κ2) is 5.73. The van der Waals surface area contributed by atoms with Gasteiger partial charge < -0.3 is 10.2 Å². The quantitative estimate of drug-likeness (QED) is 0.508. The number of benzene rings is 1. The van der Waals surface area contributed by atoms with Gasteiger partial charge in [-0.25, -0.2) is 4.79 Å².